The van der Waals surface area contributed by atoms with Gasteiger partial charge in [0.15, 0.2) is 10.9 Å². The Kier molecular flexibility index (Phi) is 5.22. The first-order chi connectivity index (χ1) is 12.5. The van der Waals surface area contributed by atoms with Crippen molar-refractivity contribution in [2.45, 2.75) is 19.9 Å². The number of carbonyl (C=O) groups excluding carboxylic acids is 2. The average Bonchev–Trinajstić information content (AvgIpc) is 3.27. The van der Waals surface area contributed by atoms with Crippen molar-refractivity contribution in [1.29, 1.82) is 0 Å². The van der Waals surface area contributed by atoms with E-state index in [4.69, 9.17) is 9.15 Å². The Hall–Kier alpha value is -2.87. The number of amides is 2. The molecule has 3 aromatic rings. The summed E-state index contributed by atoms with van der Waals surface area (Å²) < 4.78 is 11.2. The summed E-state index contributed by atoms with van der Waals surface area (Å²) in [6.07, 6.45) is 1.41. The van der Waals surface area contributed by atoms with Crippen LogP contribution in [0.4, 0.5) is 5.13 Å². The third-order valence-corrected chi connectivity index (χ3v) is 4.74. The van der Waals surface area contributed by atoms with Gasteiger partial charge in [-0.15, -0.1) is 0 Å². The minimum Gasteiger partial charge on any atom is -0.497 e. The number of fused-ring (bicyclic) bond motifs is 1. The fourth-order valence-electron chi connectivity index (χ4n) is 2.42. The zero-order valence-electron chi connectivity index (χ0n) is 14.6. The van der Waals surface area contributed by atoms with Crippen LogP contribution in [0.2, 0.25) is 0 Å². The summed E-state index contributed by atoms with van der Waals surface area (Å²) in [4.78, 5) is 29.2. The number of furan rings is 1. The van der Waals surface area contributed by atoms with Gasteiger partial charge < -0.3 is 19.8 Å². The molecule has 136 valence electrons. The van der Waals surface area contributed by atoms with Crippen LogP contribution < -0.4 is 15.4 Å². The molecule has 2 N–H and O–H groups in total. The predicted molar refractivity (Wildman–Crippen MR) is 99.6 cm³/mol. The van der Waals surface area contributed by atoms with E-state index >= 15 is 0 Å². The molecule has 1 aromatic carbocycles. The van der Waals surface area contributed by atoms with E-state index in [-0.39, 0.29) is 17.6 Å². The standard InChI is InChI=1S/C18H19N3O4S/c1-10(2)15(20-16(22)13-5-4-8-25-13)17(23)21-18-19-12-7-6-11(24-3)9-14(12)26-18/h4-10,15H,1-3H3,(H,20,22)(H,19,21,23). The zero-order valence-corrected chi connectivity index (χ0v) is 15.4. The van der Waals surface area contributed by atoms with E-state index in [0.29, 0.717) is 5.13 Å². The third-order valence-electron chi connectivity index (χ3n) is 3.81. The highest BCUT2D eigenvalue weighted by atomic mass is 32.1. The molecule has 0 aliphatic heterocycles. The molecule has 1 unspecified atom stereocenters. The molecule has 8 heteroatoms. The van der Waals surface area contributed by atoms with E-state index in [9.17, 15) is 9.59 Å². The molecule has 0 spiro atoms. The maximum Gasteiger partial charge on any atom is 0.287 e. The molecule has 1 atom stereocenters. The second-order valence-electron chi connectivity index (χ2n) is 6.01. The van der Waals surface area contributed by atoms with Crippen molar-refractivity contribution < 1.29 is 18.7 Å². The summed E-state index contributed by atoms with van der Waals surface area (Å²) in [5.74, 6) is 0.0209. The molecule has 7 nitrogen and oxygen atoms in total. The van der Waals surface area contributed by atoms with Crippen LogP contribution in [0.25, 0.3) is 10.2 Å². The normalized spacial score (nSPS) is 12.2. The van der Waals surface area contributed by atoms with Crippen LogP contribution in [0.1, 0.15) is 24.4 Å². The van der Waals surface area contributed by atoms with Crippen LogP contribution in [0.5, 0.6) is 5.75 Å². The maximum atomic E-state index is 12.6. The molecule has 3 rings (SSSR count). The van der Waals surface area contributed by atoms with Gasteiger partial charge in [-0.05, 0) is 36.2 Å². The number of nitrogens with zero attached hydrogens (tertiary/aromatic N) is 1. The van der Waals surface area contributed by atoms with Crippen LogP contribution in [0.15, 0.2) is 41.0 Å². The van der Waals surface area contributed by atoms with Crippen molar-refractivity contribution in [1.82, 2.24) is 10.3 Å². The number of rotatable bonds is 6. The third kappa shape index (κ3) is 3.85. The summed E-state index contributed by atoms with van der Waals surface area (Å²) in [7, 11) is 1.60. The van der Waals surface area contributed by atoms with Crippen molar-refractivity contribution in [3.63, 3.8) is 0 Å². The minimum atomic E-state index is -0.714. The lowest BCUT2D eigenvalue weighted by Crippen LogP contribution is -2.47. The van der Waals surface area contributed by atoms with Gasteiger partial charge in [-0.1, -0.05) is 25.2 Å². The highest BCUT2D eigenvalue weighted by molar-refractivity contribution is 7.22. The van der Waals surface area contributed by atoms with Gasteiger partial charge in [0.1, 0.15) is 11.8 Å². The number of thiazole rings is 1. The van der Waals surface area contributed by atoms with Gasteiger partial charge in [0, 0.05) is 0 Å². The molecular formula is C18H19N3O4S. The molecule has 0 fully saturated rings. The van der Waals surface area contributed by atoms with E-state index in [2.05, 4.69) is 15.6 Å². The molecule has 0 saturated carbocycles. The van der Waals surface area contributed by atoms with Gasteiger partial charge in [0.05, 0.1) is 23.6 Å². The average molecular weight is 373 g/mol. The number of ether oxygens (including phenoxy) is 1. The summed E-state index contributed by atoms with van der Waals surface area (Å²) in [5.41, 5.74) is 0.770. The number of hydrogen-bond acceptors (Lipinski definition) is 6. The Morgan fingerprint density at radius 1 is 1.27 bits per heavy atom. The number of methoxy groups -OCH3 is 1. The fourth-order valence-corrected chi connectivity index (χ4v) is 3.32. The van der Waals surface area contributed by atoms with Crippen LogP contribution in [0.3, 0.4) is 0 Å². The van der Waals surface area contributed by atoms with Crippen molar-refractivity contribution in [3.8, 4) is 5.75 Å². The number of nitrogens with one attached hydrogen (secondary N) is 2. The summed E-state index contributed by atoms with van der Waals surface area (Å²) in [6, 6.07) is 7.96. The molecule has 2 amide bonds. The number of anilines is 1. The fraction of sp³-hybridized carbons (Fsp3) is 0.278. The Morgan fingerprint density at radius 3 is 2.73 bits per heavy atom. The monoisotopic (exact) mass is 373 g/mol. The van der Waals surface area contributed by atoms with Crippen LogP contribution in [-0.2, 0) is 4.79 Å². The number of aromatic nitrogens is 1. The summed E-state index contributed by atoms with van der Waals surface area (Å²) >= 11 is 1.35. The van der Waals surface area contributed by atoms with Gasteiger partial charge in [-0.2, -0.15) is 0 Å². The quantitative estimate of drug-likeness (QED) is 0.691. The number of benzene rings is 1. The second-order valence-corrected chi connectivity index (χ2v) is 7.05. The molecule has 0 bridgehead atoms. The maximum absolute atomic E-state index is 12.6. The predicted octanol–water partition coefficient (Wildman–Crippen LogP) is 3.29. The molecule has 2 heterocycles. The lowest BCUT2D eigenvalue weighted by atomic mass is 10.0. The van der Waals surface area contributed by atoms with Gasteiger partial charge in [-0.25, -0.2) is 4.98 Å². The van der Waals surface area contributed by atoms with Crippen molar-refractivity contribution in [3.05, 3.63) is 42.4 Å². The van der Waals surface area contributed by atoms with Crippen LogP contribution in [-0.4, -0.2) is 29.9 Å². The Labute approximate surface area is 154 Å². The van der Waals surface area contributed by atoms with Gasteiger partial charge in [-0.3, -0.25) is 9.59 Å². The highest BCUT2D eigenvalue weighted by Crippen LogP contribution is 2.29. The van der Waals surface area contributed by atoms with Crippen molar-refractivity contribution in [2.24, 2.45) is 5.92 Å². The van der Waals surface area contributed by atoms with E-state index in [1.54, 1.807) is 19.2 Å². The van der Waals surface area contributed by atoms with E-state index in [0.717, 1.165) is 16.0 Å². The first kappa shape index (κ1) is 17.9. The molecular weight excluding hydrogens is 354 g/mol. The minimum absolute atomic E-state index is 0.108. The molecule has 0 aliphatic carbocycles. The number of carbonyl (C=O) groups is 2. The molecule has 0 aliphatic rings. The SMILES string of the molecule is COc1ccc2nc(NC(=O)C(NC(=O)c3ccco3)C(C)C)sc2c1. The Morgan fingerprint density at radius 2 is 2.08 bits per heavy atom. The lowest BCUT2D eigenvalue weighted by molar-refractivity contribution is -0.118. The highest BCUT2D eigenvalue weighted by Gasteiger charge is 2.26. The van der Waals surface area contributed by atoms with E-state index in [1.807, 2.05) is 32.0 Å². The first-order valence-electron chi connectivity index (χ1n) is 8.07. The molecule has 26 heavy (non-hydrogen) atoms. The number of hydrogen-bond donors (Lipinski definition) is 2. The largest absolute Gasteiger partial charge is 0.497 e. The molecule has 2 aromatic heterocycles. The van der Waals surface area contributed by atoms with Gasteiger partial charge in [0.2, 0.25) is 5.91 Å². The zero-order chi connectivity index (χ0) is 18.7. The first-order valence-corrected chi connectivity index (χ1v) is 8.89. The van der Waals surface area contributed by atoms with Gasteiger partial charge in [0.25, 0.3) is 5.91 Å². The summed E-state index contributed by atoms with van der Waals surface area (Å²) in [6.45, 7) is 3.71. The molecule has 0 saturated heterocycles. The Bertz CT molecular complexity index is 918. The smallest absolute Gasteiger partial charge is 0.287 e. The Balaban J connectivity index is 1.74. The summed E-state index contributed by atoms with van der Waals surface area (Å²) in [5, 5.41) is 5.95. The lowest BCUT2D eigenvalue weighted by Gasteiger charge is -2.20. The van der Waals surface area contributed by atoms with Crippen LogP contribution >= 0.6 is 11.3 Å². The van der Waals surface area contributed by atoms with Crippen LogP contribution in [0, 0.1) is 5.92 Å². The van der Waals surface area contributed by atoms with E-state index in [1.165, 1.54) is 17.6 Å². The second kappa shape index (κ2) is 7.57. The molecule has 0 radical (unpaired) electrons. The van der Waals surface area contributed by atoms with E-state index < -0.39 is 11.9 Å². The van der Waals surface area contributed by atoms with Crippen molar-refractivity contribution >= 4 is 38.5 Å². The van der Waals surface area contributed by atoms with Crippen molar-refractivity contribution in [2.75, 3.05) is 12.4 Å². The van der Waals surface area contributed by atoms with Gasteiger partial charge >= 0.3 is 0 Å². The topological polar surface area (TPSA) is 93.5 Å².